The lowest BCUT2D eigenvalue weighted by molar-refractivity contribution is 0.0891. The number of nitrogens with one attached hydrogen (secondary N) is 1. The van der Waals surface area contributed by atoms with E-state index in [1.54, 1.807) is 0 Å². The number of carbonyl (C=O) groups excluding carboxylic acids is 1. The van der Waals surface area contributed by atoms with Gasteiger partial charge in [0.1, 0.15) is 6.61 Å². The number of nitrogens with zero attached hydrogens (tertiary/aromatic N) is 1. The second-order valence-electron chi connectivity index (χ2n) is 5.65. The average Bonchev–Trinajstić information content (AvgIpc) is 2.75. The second kappa shape index (κ2) is 6.27. The van der Waals surface area contributed by atoms with E-state index in [2.05, 4.69) is 5.32 Å². The van der Waals surface area contributed by atoms with Gasteiger partial charge in [-0.2, -0.15) is 0 Å². The quantitative estimate of drug-likeness (QED) is 0.901. The van der Waals surface area contributed by atoms with Gasteiger partial charge in [-0.25, -0.2) is 4.79 Å². The molecule has 20 heavy (non-hydrogen) atoms. The van der Waals surface area contributed by atoms with E-state index in [4.69, 9.17) is 4.74 Å². The largest absolute Gasteiger partial charge is 0.445 e. The molecule has 1 N–H and O–H groups in total. The van der Waals surface area contributed by atoms with Crippen LogP contribution in [0.1, 0.15) is 31.2 Å². The highest BCUT2D eigenvalue weighted by molar-refractivity contribution is 5.68. The van der Waals surface area contributed by atoms with Gasteiger partial charge in [-0.3, -0.25) is 0 Å². The van der Waals surface area contributed by atoms with Crippen molar-refractivity contribution in [3.05, 3.63) is 35.9 Å². The number of likely N-dealkylation sites (tertiary alicyclic amines) is 1. The molecule has 2 aliphatic rings. The highest BCUT2D eigenvalue weighted by Gasteiger charge is 2.38. The van der Waals surface area contributed by atoms with E-state index in [1.807, 2.05) is 35.2 Å². The molecule has 2 saturated heterocycles. The van der Waals surface area contributed by atoms with Crippen molar-refractivity contribution in [2.24, 2.45) is 0 Å². The lowest BCUT2D eigenvalue weighted by atomic mass is 10.1. The molecule has 1 aromatic rings. The van der Waals surface area contributed by atoms with Crippen LogP contribution in [-0.4, -0.2) is 36.2 Å². The third kappa shape index (κ3) is 2.96. The topological polar surface area (TPSA) is 41.6 Å². The minimum Gasteiger partial charge on any atom is -0.445 e. The molecule has 1 amide bonds. The van der Waals surface area contributed by atoms with Gasteiger partial charge in [0, 0.05) is 12.6 Å². The van der Waals surface area contributed by atoms with Crippen LogP contribution in [0, 0.1) is 0 Å². The standard InChI is InChI=1S/C16H22N2O2/c19-16(20-12-13-6-2-1-3-7-13)18-11-9-14-15(18)8-4-5-10-17-14/h1-3,6-7,14-15,17H,4-5,8-12H2. The molecule has 2 fully saturated rings. The first kappa shape index (κ1) is 13.4. The number of benzene rings is 1. The van der Waals surface area contributed by atoms with Gasteiger partial charge >= 0.3 is 6.09 Å². The molecule has 0 aliphatic carbocycles. The third-order valence-corrected chi connectivity index (χ3v) is 4.32. The minimum absolute atomic E-state index is 0.162. The van der Waals surface area contributed by atoms with E-state index < -0.39 is 0 Å². The summed E-state index contributed by atoms with van der Waals surface area (Å²) in [5.41, 5.74) is 1.04. The van der Waals surface area contributed by atoms with Crippen molar-refractivity contribution in [3.8, 4) is 0 Å². The van der Waals surface area contributed by atoms with Crippen molar-refractivity contribution in [2.45, 2.75) is 44.4 Å². The van der Waals surface area contributed by atoms with E-state index in [9.17, 15) is 4.79 Å². The molecular weight excluding hydrogens is 252 g/mol. The number of ether oxygens (including phenoxy) is 1. The predicted octanol–water partition coefficient (Wildman–Crippen LogP) is 2.54. The Morgan fingerprint density at radius 2 is 2.10 bits per heavy atom. The Kier molecular flexibility index (Phi) is 4.21. The summed E-state index contributed by atoms with van der Waals surface area (Å²) >= 11 is 0. The van der Waals surface area contributed by atoms with Crippen LogP contribution in [0.2, 0.25) is 0 Å². The Morgan fingerprint density at radius 3 is 2.95 bits per heavy atom. The predicted molar refractivity (Wildman–Crippen MR) is 77.4 cm³/mol. The maximum absolute atomic E-state index is 12.3. The van der Waals surface area contributed by atoms with E-state index >= 15 is 0 Å². The second-order valence-corrected chi connectivity index (χ2v) is 5.65. The smallest absolute Gasteiger partial charge is 0.410 e. The number of amides is 1. The fourth-order valence-corrected chi connectivity index (χ4v) is 3.24. The highest BCUT2D eigenvalue weighted by atomic mass is 16.6. The average molecular weight is 274 g/mol. The molecule has 0 spiro atoms. The van der Waals surface area contributed by atoms with E-state index in [1.165, 1.54) is 12.8 Å². The van der Waals surface area contributed by atoms with Gasteiger partial charge in [-0.1, -0.05) is 36.8 Å². The zero-order valence-corrected chi connectivity index (χ0v) is 11.8. The van der Waals surface area contributed by atoms with Crippen molar-refractivity contribution in [1.29, 1.82) is 0 Å². The van der Waals surface area contributed by atoms with Crippen LogP contribution in [0.15, 0.2) is 30.3 Å². The lowest BCUT2D eigenvalue weighted by Gasteiger charge is -2.26. The molecule has 0 saturated carbocycles. The third-order valence-electron chi connectivity index (χ3n) is 4.32. The Labute approximate surface area is 120 Å². The maximum Gasteiger partial charge on any atom is 0.410 e. The van der Waals surface area contributed by atoms with Crippen LogP contribution in [-0.2, 0) is 11.3 Å². The van der Waals surface area contributed by atoms with E-state index in [0.717, 1.165) is 31.5 Å². The van der Waals surface area contributed by atoms with Crippen molar-refractivity contribution >= 4 is 6.09 Å². The number of hydrogen-bond donors (Lipinski definition) is 1. The summed E-state index contributed by atoms with van der Waals surface area (Å²) in [4.78, 5) is 14.2. The summed E-state index contributed by atoms with van der Waals surface area (Å²) in [6, 6.07) is 10.6. The van der Waals surface area contributed by atoms with Crippen molar-refractivity contribution < 1.29 is 9.53 Å². The Morgan fingerprint density at radius 1 is 1.25 bits per heavy atom. The summed E-state index contributed by atoms with van der Waals surface area (Å²) < 4.78 is 5.46. The zero-order chi connectivity index (χ0) is 13.8. The summed E-state index contributed by atoms with van der Waals surface area (Å²) in [7, 11) is 0. The Hall–Kier alpha value is -1.55. The summed E-state index contributed by atoms with van der Waals surface area (Å²) in [5.74, 6) is 0. The first-order chi connectivity index (χ1) is 9.84. The molecule has 4 nitrogen and oxygen atoms in total. The number of fused-ring (bicyclic) bond motifs is 1. The summed E-state index contributed by atoms with van der Waals surface area (Å²) in [6.07, 6.45) is 4.38. The molecule has 1 aromatic carbocycles. The number of rotatable bonds is 2. The van der Waals surface area contributed by atoms with Gasteiger partial charge < -0.3 is 15.0 Å². The molecule has 108 valence electrons. The fraction of sp³-hybridized carbons (Fsp3) is 0.562. The molecule has 3 rings (SSSR count). The zero-order valence-electron chi connectivity index (χ0n) is 11.8. The molecule has 0 radical (unpaired) electrons. The van der Waals surface area contributed by atoms with Crippen LogP contribution in [0.5, 0.6) is 0 Å². The fourth-order valence-electron chi connectivity index (χ4n) is 3.24. The van der Waals surface area contributed by atoms with Crippen molar-refractivity contribution in [3.63, 3.8) is 0 Å². The molecule has 2 heterocycles. The van der Waals surface area contributed by atoms with Crippen LogP contribution in [0.4, 0.5) is 4.79 Å². The van der Waals surface area contributed by atoms with Gasteiger partial charge in [-0.15, -0.1) is 0 Å². The van der Waals surface area contributed by atoms with Gasteiger partial charge in [-0.05, 0) is 31.4 Å². The summed E-state index contributed by atoms with van der Waals surface area (Å²) in [5, 5.41) is 3.55. The maximum atomic E-state index is 12.3. The molecule has 2 atom stereocenters. The Balaban J connectivity index is 1.57. The molecule has 0 bridgehead atoms. The minimum atomic E-state index is -0.162. The molecule has 2 unspecified atom stereocenters. The molecule has 0 aromatic heterocycles. The Bertz CT molecular complexity index is 449. The van der Waals surface area contributed by atoms with Crippen LogP contribution in [0.25, 0.3) is 0 Å². The van der Waals surface area contributed by atoms with E-state index in [-0.39, 0.29) is 6.09 Å². The first-order valence-corrected chi connectivity index (χ1v) is 7.55. The van der Waals surface area contributed by atoms with Crippen molar-refractivity contribution in [1.82, 2.24) is 10.2 Å². The monoisotopic (exact) mass is 274 g/mol. The van der Waals surface area contributed by atoms with Gasteiger partial charge in [0.25, 0.3) is 0 Å². The highest BCUT2D eigenvalue weighted by Crippen LogP contribution is 2.25. The van der Waals surface area contributed by atoms with E-state index in [0.29, 0.717) is 18.7 Å². The van der Waals surface area contributed by atoms with Crippen LogP contribution >= 0.6 is 0 Å². The molecular formula is C16H22N2O2. The molecule has 2 aliphatic heterocycles. The van der Waals surface area contributed by atoms with Gasteiger partial charge in [0.05, 0.1) is 6.04 Å². The van der Waals surface area contributed by atoms with Crippen LogP contribution in [0.3, 0.4) is 0 Å². The SMILES string of the molecule is O=C(OCc1ccccc1)N1CCC2NCCCCC21. The molecule has 4 heteroatoms. The first-order valence-electron chi connectivity index (χ1n) is 7.55. The number of carbonyl (C=O) groups is 1. The van der Waals surface area contributed by atoms with Gasteiger partial charge in [0.15, 0.2) is 0 Å². The lowest BCUT2D eigenvalue weighted by Crippen LogP contribution is -2.43. The normalized spacial score (nSPS) is 25.9. The number of hydrogen-bond acceptors (Lipinski definition) is 3. The van der Waals surface area contributed by atoms with Crippen molar-refractivity contribution in [2.75, 3.05) is 13.1 Å². The summed E-state index contributed by atoms with van der Waals surface area (Å²) in [6.45, 7) is 2.25. The van der Waals surface area contributed by atoms with Crippen LogP contribution < -0.4 is 5.32 Å². The van der Waals surface area contributed by atoms with Gasteiger partial charge in [0.2, 0.25) is 0 Å².